The molecule has 0 aliphatic heterocycles. The molecule has 0 saturated heterocycles. The molecule has 0 aliphatic carbocycles. The second kappa shape index (κ2) is 7.47. The molecule has 0 radical (unpaired) electrons. The zero-order valence-corrected chi connectivity index (χ0v) is 13.5. The Kier molecular flexibility index (Phi) is 5.57. The fourth-order valence-corrected chi connectivity index (χ4v) is 2.03. The van der Waals surface area contributed by atoms with Crippen LogP contribution in [0.25, 0.3) is 0 Å². The zero-order valence-electron chi connectivity index (χ0n) is 12.8. The summed E-state index contributed by atoms with van der Waals surface area (Å²) in [4.78, 5) is 21.7. The molecule has 0 bridgehead atoms. The molecular weight excluding hydrogens is 365 g/mol. The van der Waals surface area contributed by atoms with E-state index in [1.807, 2.05) is 6.92 Å². The Morgan fingerprint density at radius 2 is 1.92 bits per heavy atom. The van der Waals surface area contributed by atoms with Crippen LogP contribution in [0, 0.1) is 10.1 Å². The highest BCUT2D eigenvalue weighted by atomic mass is 35.5. The van der Waals surface area contributed by atoms with Crippen molar-refractivity contribution >= 4 is 34.7 Å². The fraction of sp³-hybridized carbons (Fsp3) is 0.308. The number of nitrogens with one attached hydrogen (secondary N) is 2. The maximum Gasteiger partial charge on any atom is 0.417 e. The van der Waals surface area contributed by atoms with Gasteiger partial charge in [-0.2, -0.15) is 13.2 Å². The van der Waals surface area contributed by atoms with Gasteiger partial charge in [-0.05, 0) is 12.5 Å². The summed E-state index contributed by atoms with van der Waals surface area (Å²) in [5.41, 5.74) is -1.50. The number of hydrogen-bond donors (Lipinski definition) is 2. The van der Waals surface area contributed by atoms with Crippen molar-refractivity contribution in [3.05, 3.63) is 39.3 Å². The van der Waals surface area contributed by atoms with Gasteiger partial charge in [0.2, 0.25) is 11.6 Å². The van der Waals surface area contributed by atoms with Gasteiger partial charge in [0.15, 0.2) is 5.82 Å². The maximum atomic E-state index is 12.6. The Balaban J connectivity index is 2.39. The molecule has 0 atom stereocenters. The molecule has 25 heavy (non-hydrogen) atoms. The molecule has 2 aromatic rings. The first-order valence-corrected chi connectivity index (χ1v) is 7.34. The van der Waals surface area contributed by atoms with Crippen LogP contribution in [0.5, 0.6) is 0 Å². The molecule has 2 aromatic heterocycles. The van der Waals surface area contributed by atoms with Gasteiger partial charge in [0, 0.05) is 12.7 Å². The van der Waals surface area contributed by atoms with Gasteiger partial charge in [-0.3, -0.25) is 10.1 Å². The standard InChI is InChI=1S/C13H12ClF3N6O2/c1-2-3-18-11-9(23(24)25)12(21-6-20-11)22-10-8(14)4-7(5-19-10)13(15,16)17/h4-6H,2-3H2,1H3,(H2,18,19,20,21,22). The monoisotopic (exact) mass is 376 g/mol. The normalized spacial score (nSPS) is 11.2. The lowest BCUT2D eigenvalue weighted by Gasteiger charge is -2.11. The first-order valence-electron chi connectivity index (χ1n) is 6.97. The van der Waals surface area contributed by atoms with Crippen LogP contribution >= 0.6 is 11.6 Å². The number of halogens is 4. The zero-order chi connectivity index (χ0) is 18.6. The average molecular weight is 377 g/mol. The molecule has 2 rings (SSSR count). The van der Waals surface area contributed by atoms with Crippen molar-refractivity contribution in [3.63, 3.8) is 0 Å². The third kappa shape index (κ3) is 4.44. The van der Waals surface area contributed by atoms with E-state index in [1.54, 1.807) is 0 Å². The lowest BCUT2D eigenvalue weighted by molar-refractivity contribution is -0.383. The lowest BCUT2D eigenvalue weighted by atomic mass is 10.2. The Morgan fingerprint density at radius 1 is 1.24 bits per heavy atom. The second-order valence-corrected chi connectivity index (χ2v) is 5.19. The molecule has 0 fully saturated rings. The lowest BCUT2D eigenvalue weighted by Crippen LogP contribution is -2.10. The van der Waals surface area contributed by atoms with E-state index in [0.717, 1.165) is 6.33 Å². The molecule has 2 heterocycles. The summed E-state index contributed by atoms with van der Waals surface area (Å²) in [7, 11) is 0. The van der Waals surface area contributed by atoms with Gasteiger partial charge in [-0.1, -0.05) is 18.5 Å². The Bertz CT molecular complexity index is 787. The third-order valence-electron chi connectivity index (χ3n) is 2.95. The summed E-state index contributed by atoms with van der Waals surface area (Å²) in [6, 6.07) is 0.667. The maximum absolute atomic E-state index is 12.6. The molecule has 134 valence electrons. The van der Waals surface area contributed by atoms with Crippen molar-refractivity contribution in [2.45, 2.75) is 19.5 Å². The number of nitrogens with zero attached hydrogens (tertiary/aromatic N) is 4. The van der Waals surface area contributed by atoms with Gasteiger partial charge in [-0.25, -0.2) is 15.0 Å². The van der Waals surface area contributed by atoms with E-state index in [1.165, 1.54) is 0 Å². The highest BCUT2D eigenvalue weighted by molar-refractivity contribution is 6.33. The van der Waals surface area contributed by atoms with Gasteiger partial charge >= 0.3 is 11.9 Å². The summed E-state index contributed by atoms with van der Waals surface area (Å²) >= 11 is 5.79. The summed E-state index contributed by atoms with van der Waals surface area (Å²) in [5.74, 6) is -0.460. The number of aromatic nitrogens is 3. The Hall–Kier alpha value is -2.69. The number of pyridine rings is 1. The van der Waals surface area contributed by atoms with E-state index in [9.17, 15) is 23.3 Å². The SMILES string of the molecule is CCCNc1ncnc(Nc2ncc(C(F)(F)F)cc2Cl)c1[N+](=O)[O-]. The van der Waals surface area contributed by atoms with Crippen molar-refractivity contribution in [1.82, 2.24) is 15.0 Å². The predicted octanol–water partition coefficient (Wildman–Crippen LogP) is 4.02. The number of anilines is 3. The summed E-state index contributed by atoms with van der Waals surface area (Å²) in [6.07, 6.45) is -2.26. The molecule has 12 heteroatoms. The highest BCUT2D eigenvalue weighted by Crippen LogP contribution is 2.35. The van der Waals surface area contributed by atoms with E-state index < -0.39 is 22.4 Å². The van der Waals surface area contributed by atoms with Crippen LogP contribution in [-0.4, -0.2) is 26.4 Å². The van der Waals surface area contributed by atoms with Gasteiger partial charge in [-0.15, -0.1) is 0 Å². The average Bonchev–Trinajstić information content (AvgIpc) is 2.53. The number of rotatable bonds is 6. The van der Waals surface area contributed by atoms with Crippen molar-refractivity contribution < 1.29 is 18.1 Å². The largest absolute Gasteiger partial charge is 0.417 e. The van der Waals surface area contributed by atoms with Gasteiger partial charge < -0.3 is 10.6 Å². The van der Waals surface area contributed by atoms with Crippen molar-refractivity contribution in [2.75, 3.05) is 17.2 Å². The van der Waals surface area contributed by atoms with Crippen molar-refractivity contribution in [1.29, 1.82) is 0 Å². The highest BCUT2D eigenvalue weighted by Gasteiger charge is 2.32. The minimum absolute atomic E-state index is 0.0209. The predicted molar refractivity (Wildman–Crippen MR) is 85.0 cm³/mol. The minimum atomic E-state index is -4.60. The second-order valence-electron chi connectivity index (χ2n) is 4.78. The quantitative estimate of drug-likeness (QED) is 0.579. The topological polar surface area (TPSA) is 106 Å². The summed E-state index contributed by atoms with van der Waals surface area (Å²) in [6.45, 7) is 2.31. The number of nitro groups is 1. The molecule has 0 aromatic carbocycles. The van der Waals surface area contributed by atoms with Crippen LogP contribution in [0.4, 0.5) is 36.3 Å². The van der Waals surface area contributed by atoms with E-state index in [4.69, 9.17) is 11.6 Å². The smallest absolute Gasteiger partial charge is 0.364 e. The Labute approximate surface area is 144 Å². The van der Waals surface area contributed by atoms with Crippen molar-refractivity contribution in [2.24, 2.45) is 0 Å². The van der Waals surface area contributed by atoms with Crippen LogP contribution in [0.1, 0.15) is 18.9 Å². The molecule has 0 unspecified atom stereocenters. The third-order valence-corrected chi connectivity index (χ3v) is 3.24. The summed E-state index contributed by atoms with van der Waals surface area (Å²) < 4.78 is 37.9. The van der Waals surface area contributed by atoms with E-state index in [2.05, 4.69) is 25.6 Å². The molecule has 8 nitrogen and oxygen atoms in total. The van der Waals surface area contributed by atoms with Crippen LogP contribution in [-0.2, 0) is 6.18 Å². The van der Waals surface area contributed by atoms with Crippen molar-refractivity contribution in [3.8, 4) is 0 Å². The molecular formula is C13H12ClF3N6O2. The van der Waals surface area contributed by atoms with E-state index in [-0.39, 0.29) is 22.5 Å². The molecule has 0 spiro atoms. The Morgan fingerprint density at radius 3 is 2.48 bits per heavy atom. The van der Waals surface area contributed by atoms with Gasteiger partial charge in [0.05, 0.1) is 15.5 Å². The van der Waals surface area contributed by atoms with Crippen LogP contribution in [0.3, 0.4) is 0 Å². The van der Waals surface area contributed by atoms with Crippen LogP contribution in [0.2, 0.25) is 5.02 Å². The first-order chi connectivity index (χ1) is 11.7. The molecule has 0 saturated carbocycles. The minimum Gasteiger partial charge on any atom is -0.364 e. The number of alkyl halides is 3. The van der Waals surface area contributed by atoms with Gasteiger partial charge in [0.25, 0.3) is 0 Å². The molecule has 0 aliphatic rings. The first kappa shape index (κ1) is 18.6. The van der Waals surface area contributed by atoms with Crippen LogP contribution < -0.4 is 10.6 Å². The molecule has 2 N–H and O–H groups in total. The summed E-state index contributed by atoms with van der Waals surface area (Å²) in [5, 5.41) is 16.2. The fourth-order valence-electron chi connectivity index (χ4n) is 1.81. The van der Waals surface area contributed by atoms with Gasteiger partial charge in [0.1, 0.15) is 6.33 Å². The van der Waals surface area contributed by atoms with E-state index in [0.29, 0.717) is 25.2 Å². The number of hydrogen-bond acceptors (Lipinski definition) is 7. The molecule has 0 amide bonds. The van der Waals surface area contributed by atoms with Crippen LogP contribution in [0.15, 0.2) is 18.6 Å². The van der Waals surface area contributed by atoms with E-state index >= 15 is 0 Å².